The maximum absolute atomic E-state index is 12.4. The standard InChI is InChI=1S/C17H20N4O/c1-11-4-3-5-14(12(11)2)17(22)19-16-10-15(20-21-16)13-6-8-18-9-7-13/h3-9,15-16,20-21H,10H2,1-2H3,(H,19,22). The van der Waals surface area contributed by atoms with E-state index in [-0.39, 0.29) is 18.1 Å². The molecule has 0 radical (unpaired) electrons. The molecule has 0 aliphatic carbocycles. The highest BCUT2D eigenvalue weighted by Gasteiger charge is 2.26. The molecule has 2 atom stereocenters. The minimum absolute atomic E-state index is 0.0455. The zero-order valence-electron chi connectivity index (χ0n) is 12.8. The molecule has 1 aromatic carbocycles. The summed E-state index contributed by atoms with van der Waals surface area (Å²) in [5, 5.41) is 3.03. The fourth-order valence-corrected chi connectivity index (χ4v) is 2.70. The highest BCUT2D eigenvalue weighted by atomic mass is 16.1. The second-order valence-electron chi connectivity index (χ2n) is 5.63. The summed E-state index contributed by atoms with van der Waals surface area (Å²) < 4.78 is 0. The Morgan fingerprint density at radius 2 is 1.95 bits per heavy atom. The van der Waals surface area contributed by atoms with Crippen molar-refractivity contribution in [1.29, 1.82) is 0 Å². The Balaban J connectivity index is 1.65. The zero-order valence-corrected chi connectivity index (χ0v) is 12.8. The van der Waals surface area contributed by atoms with Gasteiger partial charge in [0.05, 0.1) is 6.17 Å². The van der Waals surface area contributed by atoms with Gasteiger partial charge in [0.2, 0.25) is 0 Å². The number of rotatable bonds is 3. The summed E-state index contributed by atoms with van der Waals surface area (Å²) in [6.45, 7) is 3.99. The molecular weight excluding hydrogens is 276 g/mol. The predicted octanol–water partition coefficient (Wildman–Crippen LogP) is 1.99. The Morgan fingerprint density at radius 3 is 2.73 bits per heavy atom. The third-order valence-electron chi connectivity index (χ3n) is 4.17. The van der Waals surface area contributed by atoms with Gasteiger partial charge in [-0.3, -0.25) is 9.78 Å². The van der Waals surface area contributed by atoms with Crippen molar-refractivity contribution in [3.8, 4) is 0 Å². The molecule has 2 aromatic rings. The Labute approximate surface area is 130 Å². The molecule has 0 saturated carbocycles. The molecule has 3 rings (SSSR count). The van der Waals surface area contributed by atoms with Gasteiger partial charge in [-0.1, -0.05) is 12.1 Å². The first-order chi connectivity index (χ1) is 10.6. The van der Waals surface area contributed by atoms with Crippen LogP contribution in [0.2, 0.25) is 0 Å². The summed E-state index contributed by atoms with van der Waals surface area (Å²) in [5.74, 6) is -0.0455. The van der Waals surface area contributed by atoms with Gasteiger partial charge in [-0.25, -0.2) is 10.9 Å². The van der Waals surface area contributed by atoms with Crippen molar-refractivity contribution in [2.75, 3.05) is 0 Å². The number of carbonyl (C=O) groups excluding carboxylic acids is 1. The van der Waals surface area contributed by atoms with Crippen molar-refractivity contribution in [2.45, 2.75) is 32.5 Å². The van der Waals surface area contributed by atoms with E-state index in [1.807, 2.05) is 44.2 Å². The van der Waals surface area contributed by atoms with Gasteiger partial charge in [0.25, 0.3) is 5.91 Å². The monoisotopic (exact) mass is 296 g/mol. The van der Waals surface area contributed by atoms with Crippen LogP contribution in [0, 0.1) is 13.8 Å². The van der Waals surface area contributed by atoms with E-state index < -0.39 is 0 Å². The average molecular weight is 296 g/mol. The highest BCUT2D eigenvalue weighted by Crippen LogP contribution is 2.21. The van der Waals surface area contributed by atoms with E-state index >= 15 is 0 Å². The minimum Gasteiger partial charge on any atom is -0.335 e. The molecule has 0 bridgehead atoms. The molecule has 5 heteroatoms. The van der Waals surface area contributed by atoms with Crippen LogP contribution < -0.4 is 16.2 Å². The van der Waals surface area contributed by atoms with Crippen LogP contribution in [0.3, 0.4) is 0 Å². The fourth-order valence-electron chi connectivity index (χ4n) is 2.70. The van der Waals surface area contributed by atoms with Gasteiger partial charge in [-0.05, 0) is 48.7 Å². The van der Waals surface area contributed by atoms with Crippen LogP contribution >= 0.6 is 0 Å². The van der Waals surface area contributed by atoms with E-state index in [0.29, 0.717) is 0 Å². The number of carbonyl (C=O) groups is 1. The summed E-state index contributed by atoms with van der Waals surface area (Å²) in [4.78, 5) is 16.5. The summed E-state index contributed by atoms with van der Waals surface area (Å²) >= 11 is 0. The largest absolute Gasteiger partial charge is 0.335 e. The van der Waals surface area contributed by atoms with Crippen LogP contribution in [0.25, 0.3) is 0 Å². The van der Waals surface area contributed by atoms with Crippen LogP contribution in [0.5, 0.6) is 0 Å². The van der Waals surface area contributed by atoms with Crippen LogP contribution in [0.15, 0.2) is 42.7 Å². The molecular formula is C17H20N4O. The maximum atomic E-state index is 12.4. The second kappa shape index (κ2) is 6.25. The number of hydrazine groups is 1. The molecule has 1 saturated heterocycles. The Morgan fingerprint density at radius 1 is 1.18 bits per heavy atom. The molecule has 22 heavy (non-hydrogen) atoms. The predicted molar refractivity (Wildman–Crippen MR) is 85.0 cm³/mol. The van der Waals surface area contributed by atoms with E-state index in [4.69, 9.17) is 0 Å². The number of benzene rings is 1. The molecule has 114 valence electrons. The van der Waals surface area contributed by atoms with Crippen LogP contribution in [-0.4, -0.2) is 17.1 Å². The van der Waals surface area contributed by atoms with E-state index in [1.54, 1.807) is 12.4 Å². The molecule has 1 fully saturated rings. The number of nitrogens with zero attached hydrogens (tertiary/aromatic N) is 1. The Kier molecular flexibility index (Phi) is 4.18. The first-order valence-corrected chi connectivity index (χ1v) is 7.43. The molecule has 2 heterocycles. The van der Waals surface area contributed by atoms with E-state index in [1.165, 1.54) is 0 Å². The third-order valence-corrected chi connectivity index (χ3v) is 4.17. The van der Waals surface area contributed by atoms with Gasteiger partial charge < -0.3 is 5.32 Å². The molecule has 0 spiro atoms. The van der Waals surface area contributed by atoms with E-state index in [9.17, 15) is 4.79 Å². The molecule has 1 aliphatic rings. The lowest BCUT2D eigenvalue weighted by molar-refractivity contribution is 0.0931. The number of aromatic nitrogens is 1. The SMILES string of the molecule is Cc1cccc(C(=O)NC2CC(c3ccncc3)NN2)c1C. The van der Waals surface area contributed by atoms with Crippen LogP contribution in [0.1, 0.15) is 39.5 Å². The number of amides is 1. The molecule has 1 aromatic heterocycles. The highest BCUT2D eigenvalue weighted by molar-refractivity contribution is 5.96. The van der Waals surface area contributed by atoms with Gasteiger partial charge in [0.1, 0.15) is 0 Å². The first kappa shape index (κ1) is 14.7. The van der Waals surface area contributed by atoms with Crippen LogP contribution in [0.4, 0.5) is 0 Å². The minimum atomic E-state index is -0.0921. The molecule has 3 N–H and O–H groups in total. The Hall–Kier alpha value is -2.24. The molecule has 5 nitrogen and oxygen atoms in total. The van der Waals surface area contributed by atoms with Crippen molar-refractivity contribution in [3.63, 3.8) is 0 Å². The quantitative estimate of drug-likeness (QED) is 0.810. The lowest BCUT2D eigenvalue weighted by Crippen LogP contribution is -2.44. The van der Waals surface area contributed by atoms with Crippen molar-refractivity contribution < 1.29 is 4.79 Å². The number of hydrogen-bond acceptors (Lipinski definition) is 4. The van der Waals surface area contributed by atoms with Gasteiger partial charge >= 0.3 is 0 Å². The summed E-state index contributed by atoms with van der Waals surface area (Å²) in [7, 11) is 0. The van der Waals surface area contributed by atoms with Gasteiger partial charge in [-0.2, -0.15) is 0 Å². The van der Waals surface area contributed by atoms with Crippen LogP contribution in [-0.2, 0) is 0 Å². The van der Waals surface area contributed by atoms with Gasteiger partial charge in [0.15, 0.2) is 0 Å². The normalized spacial score (nSPS) is 20.8. The van der Waals surface area contributed by atoms with Gasteiger partial charge in [-0.15, -0.1) is 0 Å². The number of pyridine rings is 1. The zero-order chi connectivity index (χ0) is 15.5. The van der Waals surface area contributed by atoms with E-state index in [2.05, 4.69) is 21.2 Å². The number of nitrogens with one attached hydrogen (secondary N) is 3. The van der Waals surface area contributed by atoms with Crippen molar-refractivity contribution in [3.05, 3.63) is 65.0 Å². The second-order valence-corrected chi connectivity index (χ2v) is 5.63. The fraction of sp³-hybridized carbons (Fsp3) is 0.294. The number of hydrogen-bond donors (Lipinski definition) is 3. The average Bonchev–Trinajstić information content (AvgIpc) is 2.99. The van der Waals surface area contributed by atoms with Gasteiger partial charge in [0, 0.05) is 30.4 Å². The summed E-state index contributed by atoms with van der Waals surface area (Å²) in [6.07, 6.45) is 4.25. The molecule has 2 unspecified atom stereocenters. The topological polar surface area (TPSA) is 66.0 Å². The van der Waals surface area contributed by atoms with Crippen molar-refractivity contribution >= 4 is 5.91 Å². The first-order valence-electron chi connectivity index (χ1n) is 7.43. The molecule has 1 aliphatic heterocycles. The lowest BCUT2D eigenvalue weighted by Gasteiger charge is -2.14. The van der Waals surface area contributed by atoms with Crippen molar-refractivity contribution in [2.24, 2.45) is 0 Å². The summed E-state index contributed by atoms with van der Waals surface area (Å²) in [5.41, 5.74) is 10.4. The molecule has 1 amide bonds. The van der Waals surface area contributed by atoms with E-state index in [0.717, 1.165) is 28.7 Å². The van der Waals surface area contributed by atoms with Crippen molar-refractivity contribution in [1.82, 2.24) is 21.2 Å². The summed E-state index contributed by atoms with van der Waals surface area (Å²) in [6, 6.07) is 9.92. The maximum Gasteiger partial charge on any atom is 0.252 e. The smallest absolute Gasteiger partial charge is 0.252 e. The number of aryl methyl sites for hydroxylation is 1. The Bertz CT molecular complexity index is 672. The third kappa shape index (κ3) is 3.00. The lowest BCUT2D eigenvalue weighted by atomic mass is 10.0.